The molecule has 1 saturated heterocycles. The third-order valence-corrected chi connectivity index (χ3v) is 6.79. The minimum Gasteiger partial charge on any atom is -0.286 e. The molecular formula is C14H29NO2S3. The predicted octanol–water partition coefficient (Wildman–Crippen LogP) is 3.07. The molecule has 0 N–H and O–H groups in total. The van der Waals surface area contributed by atoms with Crippen LogP contribution in [0.15, 0.2) is 0 Å². The van der Waals surface area contributed by atoms with Crippen LogP contribution in [-0.2, 0) is 9.84 Å². The Morgan fingerprint density at radius 2 is 1.70 bits per heavy atom. The Balaban J connectivity index is 2.13. The molecule has 1 fully saturated rings. The number of hydrogen-bond donors (Lipinski definition) is 1. The number of unbranched alkanes of at least 4 members (excludes halogenated alkanes) is 6. The molecule has 120 valence electrons. The van der Waals surface area contributed by atoms with Crippen molar-refractivity contribution in [2.75, 3.05) is 36.6 Å². The van der Waals surface area contributed by atoms with E-state index in [0.717, 1.165) is 36.8 Å². The second kappa shape index (κ2) is 10.4. The summed E-state index contributed by atoms with van der Waals surface area (Å²) in [4.78, 5) is 2.17. The van der Waals surface area contributed by atoms with Crippen LogP contribution in [0.5, 0.6) is 0 Å². The zero-order valence-corrected chi connectivity index (χ0v) is 15.1. The molecule has 0 amide bonds. The summed E-state index contributed by atoms with van der Waals surface area (Å²) >= 11 is 5.97. The van der Waals surface area contributed by atoms with Gasteiger partial charge >= 0.3 is 0 Å². The van der Waals surface area contributed by atoms with Gasteiger partial charge in [0.1, 0.15) is 5.37 Å². The predicted molar refractivity (Wildman–Crippen MR) is 93.7 cm³/mol. The molecule has 0 aromatic heterocycles. The van der Waals surface area contributed by atoms with E-state index in [1.165, 1.54) is 44.8 Å². The van der Waals surface area contributed by atoms with Gasteiger partial charge < -0.3 is 0 Å². The lowest BCUT2D eigenvalue weighted by molar-refractivity contribution is 0.263. The molecule has 1 rings (SSSR count). The summed E-state index contributed by atoms with van der Waals surface area (Å²) in [6.07, 6.45) is 10.1. The van der Waals surface area contributed by atoms with Gasteiger partial charge in [-0.1, -0.05) is 32.1 Å². The Labute approximate surface area is 134 Å². The fourth-order valence-electron chi connectivity index (χ4n) is 2.58. The van der Waals surface area contributed by atoms with Crippen LogP contribution in [-0.4, -0.2) is 55.3 Å². The summed E-state index contributed by atoms with van der Waals surface area (Å²) in [7, 11) is -2.93. The number of sulfone groups is 1. The number of thiol groups is 1. The summed E-state index contributed by atoms with van der Waals surface area (Å²) in [5.41, 5.74) is 0. The minimum absolute atomic E-state index is 0.253. The first-order valence-corrected chi connectivity index (χ1v) is 11.4. The standard InChI is InChI=1S/C14H29NO2S3/c1-20(16,17)14-13-19-12-10-15(14)9-7-5-3-2-4-6-8-11-18/h14,18H,2-13H2,1H3. The van der Waals surface area contributed by atoms with Crippen molar-refractivity contribution >= 4 is 34.2 Å². The number of thioether (sulfide) groups is 1. The van der Waals surface area contributed by atoms with E-state index >= 15 is 0 Å². The molecule has 1 aliphatic heterocycles. The second-order valence-electron chi connectivity index (χ2n) is 5.59. The Bertz CT molecular complexity index is 346. The van der Waals surface area contributed by atoms with Gasteiger partial charge in [-0.2, -0.15) is 24.4 Å². The molecule has 1 unspecified atom stereocenters. The lowest BCUT2D eigenvalue weighted by Crippen LogP contribution is -2.47. The molecule has 0 saturated carbocycles. The SMILES string of the molecule is CS(=O)(=O)C1CSCCN1CCCCCCCCCS. The molecular weight excluding hydrogens is 310 g/mol. The molecule has 1 atom stereocenters. The maximum Gasteiger partial charge on any atom is 0.164 e. The lowest BCUT2D eigenvalue weighted by atomic mass is 10.1. The van der Waals surface area contributed by atoms with Crippen LogP contribution in [0, 0.1) is 0 Å². The van der Waals surface area contributed by atoms with E-state index in [9.17, 15) is 8.42 Å². The molecule has 0 aromatic carbocycles. The van der Waals surface area contributed by atoms with Crippen molar-refractivity contribution in [3.63, 3.8) is 0 Å². The molecule has 0 aromatic rings. The van der Waals surface area contributed by atoms with Crippen LogP contribution in [0.25, 0.3) is 0 Å². The van der Waals surface area contributed by atoms with E-state index < -0.39 is 9.84 Å². The summed E-state index contributed by atoms with van der Waals surface area (Å²) in [5, 5.41) is -0.253. The molecule has 1 heterocycles. The van der Waals surface area contributed by atoms with Crippen LogP contribution >= 0.6 is 24.4 Å². The average molecular weight is 340 g/mol. The van der Waals surface area contributed by atoms with Gasteiger partial charge in [0.15, 0.2) is 9.84 Å². The van der Waals surface area contributed by atoms with Crippen molar-refractivity contribution < 1.29 is 8.42 Å². The second-order valence-corrected chi connectivity index (χ2v) is 9.39. The number of nitrogens with zero attached hydrogens (tertiary/aromatic N) is 1. The Morgan fingerprint density at radius 3 is 2.30 bits per heavy atom. The Kier molecular flexibility index (Phi) is 9.66. The van der Waals surface area contributed by atoms with Crippen LogP contribution in [0.3, 0.4) is 0 Å². The van der Waals surface area contributed by atoms with Gasteiger partial charge in [-0.3, -0.25) is 4.90 Å². The van der Waals surface area contributed by atoms with Gasteiger partial charge in [0.05, 0.1) is 0 Å². The quantitative estimate of drug-likeness (QED) is 0.490. The van der Waals surface area contributed by atoms with E-state index in [-0.39, 0.29) is 5.37 Å². The number of hydrogen-bond acceptors (Lipinski definition) is 5. The molecule has 20 heavy (non-hydrogen) atoms. The topological polar surface area (TPSA) is 37.4 Å². The highest BCUT2D eigenvalue weighted by molar-refractivity contribution is 8.00. The van der Waals surface area contributed by atoms with Gasteiger partial charge in [0.2, 0.25) is 0 Å². The number of rotatable bonds is 10. The fourth-order valence-corrected chi connectivity index (χ4v) is 5.77. The first-order valence-electron chi connectivity index (χ1n) is 7.67. The van der Waals surface area contributed by atoms with Gasteiger partial charge in [-0.05, 0) is 25.1 Å². The summed E-state index contributed by atoms with van der Waals surface area (Å²) < 4.78 is 23.5. The zero-order chi connectivity index (χ0) is 14.8. The molecule has 0 aliphatic carbocycles. The van der Waals surface area contributed by atoms with Crippen LogP contribution in [0.2, 0.25) is 0 Å². The molecule has 0 bridgehead atoms. The van der Waals surface area contributed by atoms with Gasteiger partial charge in [0, 0.05) is 24.3 Å². The minimum atomic E-state index is -2.93. The molecule has 3 nitrogen and oxygen atoms in total. The van der Waals surface area contributed by atoms with Crippen molar-refractivity contribution in [1.29, 1.82) is 0 Å². The normalized spacial score (nSPS) is 21.2. The van der Waals surface area contributed by atoms with Crippen LogP contribution in [0.4, 0.5) is 0 Å². The van der Waals surface area contributed by atoms with Crippen molar-refractivity contribution in [1.82, 2.24) is 4.90 Å². The van der Waals surface area contributed by atoms with Gasteiger partial charge in [-0.15, -0.1) is 0 Å². The van der Waals surface area contributed by atoms with E-state index in [1.807, 2.05) is 0 Å². The molecule has 1 aliphatic rings. The summed E-state index contributed by atoms with van der Waals surface area (Å²) in [6.45, 7) is 1.86. The van der Waals surface area contributed by atoms with E-state index in [0.29, 0.717) is 0 Å². The fraction of sp³-hybridized carbons (Fsp3) is 1.00. The van der Waals surface area contributed by atoms with E-state index in [4.69, 9.17) is 0 Å². The maximum atomic E-state index is 11.8. The largest absolute Gasteiger partial charge is 0.286 e. The zero-order valence-electron chi connectivity index (χ0n) is 12.6. The lowest BCUT2D eigenvalue weighted by Gasteiger charge is -2.33. The highest BCUT2D eigenvalue weighted by Crippen LogP contribution is 2.21. The van der Waals surface area contributed by atoms with Crippen molar-refractivity contribution in [3.05, 3.63) is 0 Å². The first-order chi connectivity index (χ1) is 9.55. The van der Waals surface area contributed by atoms with E-state index in [2.05, 4.69) is 17.5 Å². The van der Waals surface area contributed by atoms with Gasteiger partial charge in [0.25, 0.3) is 0 Å². The van der Waals surface area contributed by atoms with E-state index in [1.54, 1.807) is 11.8 Å². The average Bonchev–Trinajstić information content (AvgIpc) is 2.41. The molecule has 6 heteroatoms. The maximum absolute atomic E-state index is 11.8. The Morgan fingerprint density at radius 1 is 1.10 bits per heavy atom. The monoisotopic (exact) mass is 339 g/mol. The Hall–Kier alpha value is 0.610. The highest BCUT2D eigenvalue weighted by atomic mass is 32.2. The smallest absolute Gasteiger partial charge is 0.164 e. The van der Waals surface area contributed by atoms with Crippen molar-refractivity contribution in [2.24, 2.45) is 0 Å². The van der Waals surface area contributed by atoms with Crippen LogP contribution < -0.4 is 0 Å². The first kappa shape index (κ1) is 18.7. The highest BCUT2D eigenvalue weighted by Gasteiger charge is 2.30. The van der Waals surface area contributed by atoms with Crippen molar-refractivity contribution in [2.45, 2.75) is 50.3 Å². The van der Waals surface area contributed by atoms with Gasteiger partial charge in [-0.25, -0.2) is 8.42 Å². The third-order valence-electron chi connectivity index (χ3n) is 3.79. The van der Waals surface area contributed by atoms with Crippen LogP contribution in [0.1, 0.15) is 44.9 Å². The third kappa shape index (κ3) is 7.57. The van der Waals surface area contributed by atoms with Crippen molar-refractivity contribution in [3.8, 4) is 0 Å². The summed E-state index contributed by atoms with van der Waals surface area (Å²) in [6, 6.07) is 0. The molecule has 0 radical (unpaired) electrons. The summed E-state index contributed by atoms with van der Waals surface area (Å²) in [5.74, 6) is 2.80. The molecule has 0 spiro atoms.